The molecule has 1 rings (SSSR count). The van der Waals surface area contributed by atoms with Gasteiger partial charge in [0.05, 0.1) is 12.5 Å². The van der Waals surface area contributed by atoms with Crippen LogP contribution in [0, 0.1) is 11.3 Å². The normalized spacial score (nSPS) is 10.6. The highest BCUT2D eigenvalue weighted by Gasteiger charge is 2.09. The van der Waals surface area contributed by atoms with Crippen LogP contribution in [-0.2, 0) is 4.79 Å². The summed E-state index contributed by atoms with van der Waals surface area (Å²) >= 11 is 0. The van der Waals surface area contributed by atoms with Crippen LogP contribution in [0.2, 0.25) is 0 Å². The fraction of sp³-hybridized carbons (Fsp3) is 0.0909. The lowest BCUT2D eigenvalue weighted by molar-refractivity contribution is -0.112. The summed E-state index contributed by atoms with van der Waals surface area (Å²) < 4.78 is 0. The van der Waals surface area contributed by atoms with Gasteiger partial charge in [0.15, 0.2) is 5.78 Å². The summed E-state index contributed by atoms with van der Waals surface area (Å²) in [5.74, 6) is -0.249. The Morgan fingerprint density at radius 1 is 1.43 bits per heavy atom. The molecule has 0 aromatic heterocycles. The quantitative estimate of drug-likeness (QED) is 0.727. The highest BCUT2D eigenvalue weighted by molar-refractivity contribution is 6.21. The van der Waals surface area contributed by atoms with E-state index in [9.17, 15) is 4.79 Å². The Morgan fingerprint density at radius 2 is 2.07 bits per heavy atom. The fourth-order valence-electron chi connectivity index (χ4n) is 1.13. The van der Waals surface area contributed by atoms with Crippen molar-refractivity contribution in [1.29, 1.82) is 5.26 Å². The van der Waals surface area contributed by atoms with Gasteiger partial charge in [-0.2, -0.15) is 5.26 Å². The number of benzene rings is 1. The van der Waals surface area contributed by atoms with E-state index in [1.54, 1.807) is 18.2 Å². The first-order chi connectivity index (χ1) is 6.79. The van der Waals surface area contributed by atoms with E-state index >= 15 is 0 Å². The van der Waals surface area contributed by atoms with Crippen molar-refractivity contribution in [2.45, 2.75) is 6.42 Å². The molecule has 0 saturated carbocycles. The second-order valence-corrected chi connectivity index (χ2v) is 2.70. The number of hydrogen-bond acceptors (Lipinski definition) is 3. The molecule has 0 heterocycles. The first-order valence-electron chi connectivity index (χ1n) is 4.17. The number of hydrogen-bond donors (Lipinski definition) is 1. The number of nitrogens with zero attached hydrogens (tertiary/aromatic N) is 1. The predicted molar refractivity (Wildman–Crippen MR) is 53.8 cm³/mol. The van der Waals surface area contributed by atoms with E-state index < -0.39 is 0 Å². The minimum Gasteiger partial charge on any atom is -0.404 e. The molecule has 70 valence electrons. The zero-order valence-corrected chi connectivity index (χ0v) is 7.60. The lowest BCUT2D eigenvalue weighted by atomic mass is 10.0. The van der Waals surface area contributed by atoms with E-state index in [-0.39, 0.29) is 12.2 Å². The lowest BCUT2D eigenvalue weighted by Crippen LogP contribution is -2.02. The van der Waals surface area contributed by atoms with Gasteiger partial charge in [0, 0.05) is 11.8 Å². The summed E-state index contributed by atoms with van der Waals surface area (Å²) in [6, 6.07) is 10.9. The van der Waals surface area contributed by atoms with Crippen LogP contribution in [0.25, 0.3) is 5.57 Å². The van der Waals surface area contributed by atoms with Crippen LogP contribution in [-0.4, -0.2) is 5.78 Å². The SMILES string of the molecule is N#CCC(=O)/C(=C\N)c1ccccc1. The standard InChI is InChI=1S/C11H10N2O/c12-7-6-11(14)10(8-13)9-4-2-1-3-5-9/h1-5,8H,6,13H2/b10-8-. The van der Waals surface area contributed by atoms with Crippen molar-refractivity contribution in [2.75, 3.05) is 0 Å². The van der Waals surface area contributed by atoms with Crippen LogP contribution in [0.5, 0.6) is 0 Å². The molecule has 0 unspecified atom stereocenters. The molecule has 0 bridgehead atoms. The Kier molecular flexibility index (Phi) is 3.45. The maximum atomic E-state index is 11.4. The number of nitrogens with two attached hydrogens (primary N) is 1. The van der Waals surface area contributed by atoms with E-state index in [0.717, 1.165) is 5.56 Å². The van der Waals surface area contributed by atoms with E-state index in [1.165, 1.54) is 6.20 Å². The van der Waals surface area contributed by atoms with E-state index in [1.807, 2.05) is 18.2 Å². The van der Waals surface area contributed by atoms with Gasteiger partial charge in [-0.05, 0) is 5.56 Å². The Morgan fingerprint density at radius 3 is 2.57 bits per heavy atom. The van der Waals surface area contributed by atoms with Crippen molar-refractivity contribution >= 4 is 11.4 Å². The summed E-state index contributed by atoms with van der Waals surface area (Å²) in [6.07, 6.45) is 1.10. The molecular weight excluding hydrogens is 176 g/mol. The molecule has 0 aliphatic heterocycles. The third-order valence-electron chi connectivity index (χ3n) is 1.79. The fourth-order valence-corrected chi connectivity index (χ4v) is 1.13. The molecule has 0 saturated heterocycles. The van der Waals surface area contributed by atoms with Crippen molar-refractivity contribution in [2.24, 2.45) is 5.73 Å². The Bertz CT molecular complexity index is 387. The second-order valence-electron chi connectivity index (χ2n) is 2.70. The van der Waals surface area contributed by atoms with Gasteiger partial charge < -0.3 is 5.73 Å². The van der Waals surface area contributed by atoms with Gasteiger partial charge >= 0.3 is 0 Å². The zero-order valence-electron chi connectivity index (χ0n) is 7.60. The number of Topliss-reactive ketones (excluding diaryl/α,β-unsaturated/α-hetero) is 1. The number of carbonyl (C=O) groups is 1. The summed E-state index contributed by atoms with van der Waals surface area (Å²) in [7, 11) is 0. The number of nitriles is 1. The second kappa shape index (κ2) is 4.83. The molecule has 0 atom stereocenters. The molecule has 0 amide bonds. The molecule has 0 radical (unpaired) electrons. The van der Waals surface area contributed by atoms with Crippen molar-refractivity contribution in [3.63, 3.8) is 0 Å². The smallest absolute Gasteiger partial charge is 0.178 e. The molecular formula is C11H10N2O. The summed E-state index contributed by atoms with van der Waals surface area (Å²) in [4.78, 5) is 11.4. The van der Waals surface area contributed by atoms with E-state index in [4.69, 9.17) is 11.0 Å². The Labute approximate surface area is 82.5 Å². The predicted octanol–water partition coefficient (Wildman–Crippen LogP) is 1.47. The van der Waals surface area contributed by atoms with Gasteiger partial charge in [0.1, 0.15) is 0 Å². The first-order valence-corrected chi connectivity index (χ1v) is 4.17. The Balaban J connectivity index is 2.96. The zero-order chi connectivity index (χ0) is 10.4. The summed E-state index contributed by atoms with van der Waals surface area (Å²) in [5, 5.41) is 8.39. The van der Waals surface area contributed by atoms with Crippen molar-refractivity contribution in [3.8, 4) is 6.07 Å². The topological polar surface area (TPSA) is 66.9 Å². The van der Waals surface area contributed by atoms with Gasteiger partial charge in [-0.25, -0.2) is 0 Å². The van der Waals surface area contributed by atoms with Gasteiger partial charge in [0.2, 0.25) is 0 Å². The molecule has 14 heavy (non-hydrogen) atoms. The van der Waals surface area contributed by atoms with E-state index in [2.05, 4.69) is 0 Å². The van der Waals surface area contributed by atoms with Crippen LogP contribution in [0.1, 0.15) is 12.0 Å². The maximum Gasteiger partial charge on any atom is 0.178 e. The van der Waals surface area contributed by atoms with E-state index in [0.29, 0.717) is 5.57 Å². The molecule has 1 aromatic rings. The largest absolute Gasteiger partial charge is 0.404 e. The molecule has 0 spiro atoms. The minimum atomic E-state index is -0.249. The van der Waals surface area contributed by atoms with Crippen LogP contribution < -0.4 is 5.73 Å². The van der Waals surface area contributed by atoms with Crippen LogP contribution >= 0.6 is 0 Å². The summed E-state index contributed by atoms with van der Waals surface area (Å²) in [6.45, 7) is 0. The van der Waals surface area contributed by atoms with Crippen LogP contribution in [0.3, 0.4) is 0 Å². The average Bonchev–Trinajstić information content (AvgIpc) is 2.21. The number of carbonyl (C=O) groups excluding carboxylic acids is 1. The van der Waals surface area contributed by atoms with Gasteiger partial charge in [-0.1, -0.05) is 30.3 Å². The third-order valence-corrected chi connectivity index (χ3v) is 1.79. The molecule has 0 aliphatic carbocycles. The van der Waals surface area contributed by atoms with Gasteiger partial charge in [0.25, 0.3) is 0 Å². The molecule has 1 aromatic carbocycles. The summed E-state index contributed by atoms with van der Waals surface area (Å²) in [5.41, 5.74) is 6.48. The highest BCUT2D eigenvalue weighted by atomic mass is 16.1. The maximum absolute atomic E-state index is 11.4. The molecule has 3 heteroatoms. The molecule has 2 N–H and O–H groups in total. The first kappa shape index (κ1) is 10.0. The van der Waals surface area contributed by atoms with Crippen LogP contribution in [0.4, 0.5) is 0 Å². The van der Waals surface area contributed by atoms with Crippen molar-refractivity contribution in [1.82, 2.24) is 0 Å². The average molecular weight is 186 g/mol. The molecule has 0 fully saturated rings. The minimum absolute atomic E-state index is 0.141. The molecule has 0 aliphatic rings. The Hall–Kier alpha value is -2.08. The molecule has 3 nitrogen and oxygen atoms in total. The monoisotopic (exact) mass is 186 g/mol. The van der Waals surface area contributed by atoms with Gasteiger partial charge in [-0.3, -0.25) is 4.79 Å². The lowest BCUT2D eigenvalue weighted by Gasteiger charge is -2.02. The van der Waals surface area contributed by atoms with Crippen molar-refractivity contribution in [3.05, 3.63) is 42.1 Å². The van der Waals surface area contributed by atoms with Crippen LogP contribution in [0.15, 0.2) is 36.5 Å². The van der Waals surface area contributed by atoms with Gasteiger partial charge in [-0.15, -0.1) is 0 Å². The third kappa shape index (κ3) is 2.20. The highest BCUT2D eigenvalue weighted by Crippen LogP contribution is 2.14. The number of rotatable bonds is 3. The number of allylic oxidation sites excluding steroid dienone is 1. The number of ketones is 1. The van der Waals surface area contributed by atoms with Crippen molar-refractivity contribution < 1.29 is 4.79 Å².